The van der Waals surface area contributed by atoms with Gasteiger partial charge in [0.25, 0.3) is 0 Å². The zero-order valence-corrected chi connectivity index (χ0v) is 84.6. The summed E-state index contributed by atoms with van der Waals surface area (Å²) in [4.78, 5) is 51.0. The molecule has 4 fully saturated rings. The van der Waals surface area contributed by atoms with E-state index in [0.29, 0.717) is 64.4 Å². The van der Waals surface area contributed by atoms with Gasteiger partial charge < -0.3 is 13.6 Å². The lowest BCUT2D eigenvalue weighted by Gasteiger charge is -2.37. The summed E-state index contributed by atoms with van der Waals surface area (Å²) in [5, 5.41) is 39.8. The predicted molar refractivity (Wildman–Crippen MR) is 534 cm³/mol. The molecular formula is C108H99F8N21O7S3. The van der Waals surface area contributed by atoms with Gasteiger partial charge in [-0.25, -0.2) is 73.4 Å². The zero-order chi connectivity index (χ0) is 104. The molecule has 0 radical (unpaired) electrons. The predicted octanol–water partition coefficient (Wildman–Crippen LogP) is 19.6. The van der Waals surface area contributed by atoms with E-state index >= 15 is 0 Å². The first-order valence-electron chi connectivity index (χ1n) is 47.7. The third-order valence-corrected chi connectivity index (χ3v) is 34.9. The molecule has 2 unspecified atom stereocenters. The van der Waals surface area contributed by atoms with Gasteiger partial charge in [0.1, 0.15) is 76.1 Å². The summed E-state index contributed by atoms with van der Waals surface area (Å²) in [6, 6.07) is 25.1. The number of hydrogen-bond donors (Lipinski definition) is 0. The van der Waals surface area contributed by atoms with Crippen LogP contribution in [0.25, 0.3) is 90.8 Å². The second-order valence-electron chi connectivity index (χ2n) is 41.6. The molecule has 4 saturated carbocycles. The van der Waals surface area contributed by atoms with Crippen LogP contribution in [-0.2, 0) is 73.3 Å². The van der Waals surface area contributed by atoms with E-state index in [4.69, 9.17) is 33.5 Å². The lowest BCUT2D eigenvalue weighted by atomic mass is 9.66. The van der Waals surface area contributed by atoms with E-state index in [9.17, 15) is 52.0 Å². The number of halogens is 8. The van der Waals surface area contributed by atoms with Crippen molar-refractivity contribution >= 4 is 40.6 Å². The van der Waals surface area contributed by atoms with E-state index in [1.165, 1.54) is 104 Å². The van der Waals surface area contributed by atoms with Gasteiger partial charge >= 0.3 is 0 Å². The number of nitrogens with zero attached hydrogens (tertiary/aromatic N) is 21. The Labute approximate surface area is 842 Å². The molecule has 24 rings (SSSR count). The van der Waals surface area contributed by atoms with Gasteiger partial charge in [-0.15, -0.1) is 20.4 Å². The van der Waals surface area contributed by atoms with E-state index in [1.54, 1.807) is 87.4 Å². The number of fused-ring (bicyclic) bond motifs is 20. The van der Waals surface area contributed by atoms with Crippen molar-refractivity contribution in [3.05, 3.63) is 316 Å². The second-order valence-corrected chi connectivity index (χ2v) is 49.0. The molecule has 4 aromatic carbocycles. The van der Waals surface area contributed by atoms with Crippen LogP contribution in [0.3, 0.4) is 0 Å². The summed E-state index contributed by atoms with van der Waals surface area (Å²) in [5.74, 6) is 3.44. The standard InChI is InChI=1S/C27H26F2N6O.2C27H25F2N5O2S.C27H23F2N5O2S/c1-26(2)18-7-8-27(26,23-14-30-13-22(32-23)16-12-31-35(15-16)9-10-36-3)25-17(18)11-21(33-34-25)24-19(28)5-4-6-20(24)29;2*1-26(2)17-8-9-27(26,24-16(17)10-20(33-34-24)23-18(28)6-5-7-19(23)29)22-12-30-11-21(32-22)25-31-15(13-36-25)14-37(3,4)35;1-26(2)17-7-9-27(26,25-16(17)12-21(33-34-25)24-18(28)5-4-6-19(24)29)23-14-30-13-22(32-23)20-11-15(8-10-31-20)37(3,35)36/h4-6,11-15,18H,7-10H2,1-3H3;2*5-7,10-13,17H,3,8-9,14H2,1-2,4H3;4-6,8,10-14,17H,7,9H2,1-3H3/t18-,27-;2*17-,27-,37?;17-,27-/m0000/s1. The summed E-state index contributed by atoms with van der Waals surface area (Å²) in [7, 11) is -6.31. The lowest BCUT2D eigenvalue weighted by Crippen LogP contribution is -2.38. The van der Waals surface area contributed by atoms with Crippen molar-refractivity contribution in [3.63, 3.8) is 0 Å². The topological polar surface area (TPSA) is 367 Å². The summed E-state index contributed by atoms with van der Waals surface area (Å²) in [6.45, 7) is 18.6. The minimum absolute atomic E-state index is 0.0868. The van der Waals surface area contributed by atoms with Crippen molar-refractivity contribution in [2.75, 3.05) is 32.5 Å². The number of methoxy groups -OCH3 is 1. The number of ether oxygens (including phenoxy) is 1. The fraction of sp³-hybridized carbons (Fsp3) is 0.333. The van der Waals surface area contributed by atoms with Crippen molar-refractivity contribution in [2.45, 2.75) is 175 Å². The number of benzene rings is 4. The monoisotopic (exact) mass is 2050 g/mol. The summed E-state index contributed by atoms with van der Waals surface area (Å²) in [5.41, 5.74) is 10.8. The van der Waals surface area contributed by atoms with Crippen molar-refractivity contribution < 1.29 is 65.5 Å². The van der Waals surface area contributed by atoms with Crippen molar-refractivity contribution in [3.8, 4) is 90.8 Å². The van der Waals surface area contributed by atoms with E-state index < -0.39 is 97.1 Å². The first-order chi connectivity index (χ1) is 69.9. The maximum atomic E-state index is 14.5. The quantitative estimate of drug-likeness (QED) is 0.0505. The minimum atomic E-state index is -3.42. The molecule has 0 amide bonds. The summed E-state index contributed by atoms with van der Waals surface area (Å²) >= 11 is 0. The van der Waals surface area contributed by atoms with E-state index in [2.05, 4.69) is 148 Å². The first kappa shape index (κ1) is 98.7. The second kappa shape index (κ2) is 36.1. The molecule has 8 bridgehead atoms. The molecule has 8 aliphatic carbocycles. The highest BCUT2D eigenvalue weighted by Crippen LogP contribution is 2.74. The van der Waals surface area contributed by atoms with Gasteiger partial charge in [-0.1, -0.05) is 79.7 Å². The van der Waals surface area contributed by atoms with E-state index in [-0.39, 0.29) is 119 Å². The van der Waals surface area contributed by atoms with Gasteiger partial charge in [0.2, 0.25) is 11.8 Å². The number of hydrogen-bond acceptors (Lipinski definition) is 27. The summed E-state index contributed by atoms with van der Waals surface area (Å²) in [6.07, 6.45) is 32.5. The van der Waals surface area contributed by atoms with Crippen LogP contribution < -0.4 is 0 Å². The number of rotatable bonds is 20. The molecule has 0 spiro atoms. The molecule has 12 heterocycles. The molecule has 8 aliphatic rings. The third-order valence-electron chi connectivity index (χ3n) is 32.0. The van der Waals surface area contributed by atoms with Crippen molar-refractivity contribution in [2.24, 2.45) is 21.7 Å². The number of oxazole rings is 2. The smallest absolute Gasteiger partial charge is 0.246 e. The Morgan fingerprint density at radius 3 is 1.00 bits per heavy atom. The van der Waals surface area contributed by atoms with Gasteiger partial charge in [-0.05, 0) is 235 Å². The third kappa shape index (κ3) is 16.1. The molecule has 10 atom stereocenters. The Morgan fingerprint density at radius 2 is 0.687 bits per heavy atom. The van der Waals surface area contributed by atoms with Gasteiger partial charge in [0.05, 0.1) is 196 Å². The average molecular weight is 2050 g/mol. The minimum Gasteiger partial charge on any atom is -0.443 e. The molecule has 16 aromatic rings. The largest absolute Gasteiger partial charge is 0.443 e. The van der Waals surface area contributed by atoms with Crippen molar-refractivity contribution in [1.82, 2.24) is 105 Å². The molecule has 147 heavy (non-hydrogen) atoms. The van der Waals surface area contributed by atoms with Gasteiger partial charge in [0.15, 0.2) is 9.84 Å². The molecule has 39 heteroatoms. The zero-order valence-electron chi connectivity index (χ0n) is 82.1. The normalized spacial score (nSPS) is 22.4. The Morgan fingerprint density at radius 1 is 0.381 bits per heavy atom. The van der Waals surface area contributed by atoms with E-state index in [0.717, 1.165) is 120 Å². The molecule has 0 saturated heterocycles. The van der Waals surface area contributed by atoms with Crippen LogP contribution in [0.5, 0.6) is 0 Å². The molecule has 28 nitrogen and oxygen atoms in total. The van der Waals surface area contributed by atoms with Gasteiger partial charge in [-0.2, -0.15) is 25.5 Å². The molecule has 12 aromatic heterocycles. The maximum absolute atomic E-state index is 14.5. The van der Waals surface area contributed by atoms with Crippen LogP contribution in [0.1, 0.15) is 210 Å². The Hall–Kier alpha value is -14.3. The maximum Gasteiger partial charge on any atom is 0.246 e. The molecule has 0 N–H and O–H groups in total. The van der Waals surface area contributed by atoms with Gasteiger partial charge in [0, 0.05) is 68.6 Å². The van der Waals surface area contributed by atoms with Gasteiger partial charge in [-0.3, -0.25) is 38.0 Å². The van der Waals surface area contributed by atoms with Crippen LogP contribution in [0.4, 0.5) is 35.1 Å². The summed E-state index contributed by atoms with van der Waals surface area (Å²) < 4.78 is 183. The molecule has 0 aliphatic heterocycles. The number of sulfone groups is 1. The highest BCUT2D eigenvalue weighted by Gasteiger charge is 2.69. The Bertz CT molecular complexity index is 8100. The first-order valence-corrected chi connectivity index (χ1v) is 54.2. The van der Waals surface area contributed by atoms with Crippen LogP contribution in [0, 0.1) is 68.2 Å². The van der Waals surface area contributed by atoms with Crippen molar-refractivity contribution in [1.29, 1.82) is 0 Å². The SMILES string of the molecule is C=S(C)(=O)Cc1coc(-c2cncc([C@@]34CC[C@@H](c5cc(-c6c(F)cccc6F)nnc53)C4(C)C)n2)n1.C=S(C)(=O)Cc1coc(-c2cncc([C@@]34CC[C@@H](c5cc(-c6c(F)cccc6F)nnc53)C4(C)C)n2)n1.CC1(C)[C@H]2CC[C@]1(c1cncc(-c3cc(S(C)(=O)=O)ccn3)n1)c1nnc(-c3c(F)cccc3F)cc12.COCCn1cc(-c2cncc([C@@]34CC[C@@H](c5cc(-c6c(F)cccc6F)nnc53)C4(C)C)n2)cn1. The number of aromatic nitrogens is 21. The van der Waals surface area contributed by atoms with Crippen LogP contribution in [0.2, 0.25) is 0 Å². The lowest BCUT2D eigenvalue weighted by molar-refractivity contribution is 0.183. The van der Waals surface area contributed by atoms with Crippen LogP contribution in [-0.4, -0.2) is 166 Å². The van der Waals surface area contributed by atoms with E-state index in [1.807, 2.05) is 23.1 Å². The average Bonchev–Trinajstić information content (AvgIpc) is 1.53. The number of pyridine rings is 1. The Kier molecular flexibility index (Phi) is 24.2. The molecular weight excluding hydrogens is 1950 g/mol. The fourth-order valence-corrected chi connectivity index (χ4v) is 27.1. The fourth-order valence-electron chi connectivity index (χ4n) is 25.0. The highest BCUT2D eigenvalue weighted by molar-refractivity contribution is 7.99. The van der Waals surface area contributed by atoms with Crippen LogP contribution >= 0.6 is 0 Å². The Balaban J connectivity index is 0.000000115. The molecule has 752 valence electrons. The highest BCUT2D eigenvalue weighted by atomic mass is 32.2. The van der Waals surface area contributed by atoms with Crippen LogP contribution in [0.15, 0.2) is 204 Å².